The lowest BCUT2D eigenvalue weighted by atomic mass is 10.1. The highest BCUT2D eigenvalue weighted by Crippen LogP contribution is 2.24. The maximum absolute atomic E-state index is 9.29. The number of nitrogens with two attached hydrogens (primary N) is 1. The van der Waals surface area contributed by atoms with Gasteiger partial charge in [-0.2, -0.15) is 9.83 Å². The summed E-state index contributed by atoms with van der Waals surface area (Å²) in [7, 11) is 0. The second-order valence-corrected chi connectivity index (χ2v) is 5.77. The van der Waals surface area contributed by atoms with E-state index < -0.39 is 0 Å². The molecule has 0 unspecified atom stereocenters. The van der Waals surface area contributed by atoms with Crippen LogP contribution in [0.25, 0.3) is 10.9 Å². The Morgan fingerprint density at radius 3 is 2.64 bits per heavy atom. The molecule has 3 aromatic rings. The van der Waals surface area contributed by atoms with Crippen LogP contribution in [0.5, 0.6) is 0 Å². The van der Waals surface area contributed by atoms with Crippen molar-refractivity contribution in [2.45, 2.75) is 6.54 Å². The lowest BCUT2D eigenvalue weighted by molar-refractivity contribution is -0.662. The van der Waals surface area contributed by atoms with Crippen molar-refractivity contribution in [1.82, 2.24) is 0 Å². The minimum Gasteiger partial charge on any atom is -0.398 e. The average Bonchev–Trinajstić information content (AvgIpc) is 2.51. The molecule has 3 rings (SSSR count). The lowest BCUT2D eigenvalue weighted by Gasteiger charge is -2.05. The number of hydrogen-bond acceptors (Lipinski definition) is 2. The van der Waals surface area contributed by atoms with Gasteiger partial charge in [0.2, 0.25) is 5.52 Å². The first-order valence-electron chi connectivity index (χ1n) is 6.65. The standard InChI is InChI=1S/C17H12Cl2N3/c18-14-4-3-11(8-15(14)19)10-22-7-1-2-12-13(9-20)16(21)5-6-17(12)22/h1-8H,10,21H2/q+1. The number of nitrogen functional groups attached to an aromatic ring is 1. The van der Waals surface area contributed by atoms with Crippen LogP contribution in [0.1, 0.15) is 11.1 Å². The molecule has 3 nitrogen and oxygen atoms in total. The third kappa shape index (κ3) is 2.59. The van der Waals surface area contributed by atoms with E-state index in [-0.39, 0.29) is 0 Å². The zero-order chi connectivity index (χ0) is 15.7. The lowest BCUT2D eigenvalue weighted by Crippen LogP contribution is -2.34. The molecule has 0 spiro atoms. The van der Waals surface area contributed by atoms with Crippen molar-refractivity contribution in [2.24, 2.45) is 0 Å². The fourth-order valence-electron chi connectivity index (χ4n) is 2.47. The molecule has 108 valence electrons. The summed E-state index contributed by atoms with van der Waals surface area (Å²) >= 11 is 12.0. The van der Waals surface area contributed by atoms with Gasteiger partial charge in [-0.15, -0.1) is 0 Å². The molecule has 0 aliphatic heterocycles. The number of hydrogen-bond donors (Lipinski definition) is 1. The molecular weight excluding hydrogens is 317 g/mol. The Kier molecular flexibility index (Phi) is 3.89. The van der Waals surface area contributed by atoms with Crippen molar-refractivity contribution >= 4 is 39.8 Å². The van der Waals surface area contributed by atoms with Crippen molar-refractivity contribution in [1.29, 1.82) is 5.26 Å². The number of anilines is 1. The fraction of sp³-hybridized carbons (Fsp3) is 0.0588. The first-order chi connectivity index (χ1) is 10.6. The molecule has 0 saturated heterocycles. The summed E-state index contributed by atoms with van der Waals surface area (Å²) in [5.74, 6) is 0. The molecule has 1 heterocycles. The Hall–Kier alpha value is -2.28. The smallest absolute Gasteiger partial charge is 0.214 e. The van der Waals surface area contributed by atoms with Gasteiger partial charge in [-0.05, 0) is 24.3 Å². The normalized spacial score (nSPS) is 10.6. The highest BCUT2D eigenvalue weighted by molar-refractivity contribution is 6.42. The van der Waals surface area contributed by atoms with Crippen LogP contribution in [0.3, 0.4) is 0 Å². The maximum Gasteiger partial charge on any atom is 0.214 e. The van der Waals surface area contributed by atoms with Gasteiger partial charge < -0.3 is 5.73 Å². The van der Waals surface area contributed by atoms with E-state index in [1.54, 1.807) is 12.1 Å². The number of pyridine rings is 1. The number of nitriles is 1. The molecule has 5 heteroatoms. The summed E-state index contributed by atoms with van der Waals surface area (Å²) in [4.78, 5) is 0. The summed E-state index contributed by atoms with van der Waals surface area (Å²) in [6.45, 7) is 0.628. The molecule has 22 heavy (non-hydrogen) atoms. The van der Waals surface area contributed by atoms with Crippen molar-refractivity contribution in [2.75, 3.05) is 5.73 Å². The van der Waals surface area contributed by atoms with Gasteiger partial charge in [-0.3, -0.25) is 0 Å². The molecule has 0 bridgehead atoms. The highest BCUT2D eigenvalue weighted by Gasteiger charge is 2.14. The van der Waals surface area contributed by atoms with Gasteiger partial charge in [-0.1, -0.05) is 29.3 Å². The number of rotatable bonds is 2. The molecule has 0 aliphatic carbocycles. The van der Waals surface area contributed by atoms with Crippen LogP contribution < -0.4 is 10.3 Å². The molecule has 0 atom stereocenters. The molecule has 2 N–H and O–H groups in total. The van der Waals surface area contributed by atoms with Gasteiger partial charge in [0.05, 0.1) is 26.7 Å². The van der Waals surface area contributed by atoms with Crippen LogP contribution in [-0.4, -0.2) is 0 Å². The van der Waals surface area contributed by atoms with Crippen LogP contribution in [-0.2, 0) is 6.54 Å². The van der Waals surface area contributed by atoms with Crippen LogP contribution >= 0.6 is 23.2 Å². The molecule has 0 aliphatic rings. The maximum atomic E-state index is 9.29. The minimum absolute atomic E-state index is 0.488. The van der Waals surface area contributed by atoms with E-state index >= 15 is 0 Å². The monoisotopic (exact) mass is 328 g/mol. The van der Waals surface area contributed by atoms with E-state index in [1.807, 2.05) is 36.5 Å². The third-order valence-corrected chi connectivity index (χ3v) is 4.28. The van der Waals surface area contributed by atoms with Gasteiger partial charge in [0, 0.05) is 17.7 Å². The van der Waals surface area contributed by atoms with E-state index in [0.717, 1.165) is 16.5 Å². The van der Waals surface area contributed by atoms with E-state index in [0.29, 0.717) is 27.8 Å². The molecule has 1 aromatic heterocycles. The Labute approximate surface area is 138 Å². The van der Waals surface area contributed by atoms with Crippen LogP contribution in [0, 0.1) is 11.3 Å². The summed E-state index contributed by atoms with van der Waals surface area (Å²) in [6.07, 6.45) is 1.96. The number of halogens is 2. The van der Waals surface area contributed by atoms with E-state index in [1.165, 1.54) is 0 Å². The second-order valence-electron chi connectivity index (χ2n) is 4.96. The van der Waals surface area contributed by atoms with Gasteiger partial charge in [0.15, 0.2) is 12.7 Å². The quantitative estimate of drug-likeness (QED) is 0.572. The number of fused-ring (bicyclic) bond motifs is 1. The fourth-order valence-corrected chi connectivity index (χ4v) is 2.79. The Balaban J connectivity index is 2.12. The predicted molar refractivity (Wildman–Crippen MR) is 88.8 cm³/mol. The van der Waals surface area contributed by atoms with Crippen molar-refractivity contribution in [3.8, 4) is 6.07 Å². The molecule has 0 radical (unpaired) electrons. The highest BCUT2D eigenvalue weighted by atomic mass is 35.5. The topological polar surface area (TPSA) is 53.7 Å². The van der Waals surface area contributed by atoms with Gasteiger partial charge in [0.25, 0.3) is 0 Å². The van der Waals surface area contributed by atoms with Gasteiger partial charge in [0.1, 0.15) is 6.07 Å². The van der Waals surface area contributed by atoms with Crippen molar-refractivity contribution in [3.05, 3.63) is 69.8 Å². The number of benzene rings is 2. The van der Waals surface area contributed by atoms with E-state index in [9.17, 15) is 5.26 Å². The average molecular weight is 329 g/mol. The summed E-state index contributed by atoms with van der Waals surface area (Å²) in [6, 6.07) is 15.2. The molecule has 2 aromatic carbocycles. The van der Waals surface area contributed by atoms with Gasteiger partial charge >= 0.3 is 0 Å². The second kappa shape index (κ2) is 5.84. The first kappa shape index (κ1) is 14.6. The molecule has 0 fully saturated rings. The van der Waals surface area contributed by atoms with E-state index in [4.69, 9.17) is 28.9 Å². The largest absolute Gasteiger partial charge is 0.398 e. The number of nitrogens with zero attached hydrogens (tertiary/aromatic N) is 2. The number of aromatic nitrogens is 1. The summed E-state index contributed by atoms with van der Waals surface area (Å²) < 4.78 is 2.05. The Morgan fingerprint density at radius 1 is 1.09 bits per heavy atom. The van der Waals surface area contributed by atoms with Crippen LogP contribution in [0.4, 0.5) is 5.69 Å². The van der Waals surface area contributed by atoms with Gasteiger partial charge in [-0.25, -0.2) is 0 Å². The molecular formula is C17H12Cl2N3+. The van der Waals surface area contributed by atoms with Crippen LogP contribution in [0.15, 0.2) is 48.7 Å². The predicted octanol–water partition coefficient (Wildman–Crippen LogP) is 3.94. The zero-order valence-corrected chi connectivity index (χ0v) is 13.1. The third-order valence-electron chi connectivity index (χ3n) is 3.54. The minimum atomic E-state index is 0.488. The van der Waals surface area contributed by atoms with Crippen molar-refractivity contribution < 1.29 is 4.57 Å². The van der Waals surface area contributed by atoms with Crippen LogP contribution in [0.2, 0.25) is 10.0 Å². The summed E-state index contributed by atoms with van der Waals surface area (Å²) in [5, 5.41) is 11.2. The zero-order valence-electron chi connectivity index (χ0n) is 11.6. The first-order valence-corrected chi connectivity index (χ1v) is 7.40. The Bertz CT molecular complexity index is 914. The Morgan fingerprint density at radius 2 is 1.91 bits per heavy atom. The molecule has 0 saturated carbocycles. The van der Waals surface area contributed by atoms with E-state index in [2.05, 4.69) is 10.6 Å². The summed E-state index contributed by atoms with van der Waals surface area (Å²) in [5.41, 5.74) is 8.84. The molecule has 0 amide bonds. The van der Waals surface area contributed by atoms with Crippen molar-refractivity contribution in [3.63, 3.8) is 0 Å². The SMILES string of the molecule is N#Cc1c(N)ccc2c1ccc[n+]2Cc1ccc(Cl)c(Cl)c1.